The summed E-state index contributed by atoms with van der Waals surface area (Å²) in [5, 5.41) is 21.2. The molecule has 2 saturated carbocycles. The van der Waals surface area contributed by atoms with Crippen LogP contribution in [0.4, 0.5) is 0 Å². The number of aliphatic hydroxyl groups is 1. The van der Waals surface area contributed by atoms with Gasteiger partial charge >= 0.3 is 5.72 Å². The summed E-state index contributed by atoms with van der Waals surface area (Å²) >= 11 is 0. The minimum atomic E-state index is -1.88. The molecule has 16 heavy (non-hydrogen) atoms. The molecule has 1 N–H and O–H groups in total. The van der Waals surface area contributed by atoms with Crippen LogP contribution in [0.15, 0.2) is 0 Å². The minimum absolute atomic E-state index is 0.0235. The number of hydrogen-bond donors (Lipinski definition) is 1. The highest BCUT2D eigenvalue weighted by molar-refractivity contribution is 5.82. The molecule has 0 radical (unpaired) electrons. The van der Waals surface area contributed by atoms with Gasteiger partial charge < -0.3 is 5.11 Å². The Morgan fingerprint density at radius 1 is 1.50 bits per heavy atom. The van der Waals surface area contributed by atoms with Gasteiger partial charge in [0.15, 0.2) is 0 Å². The normalized spacial score (nSPS) is 43.9. The van der Waals surface area contributed by atoms with Crippen LogP contribution >= 0.6 is 0 Å². The van der Waals surface area contributed by atoms with Crippen molar-refractivity contribution in [1.29, 1.82) is 0 Å². The van der Waals surface area contributed by atoms with Gasteiger partial charge in [0.05, 0.1) is 17.3 Å². The van der Waals surface area contributed by atoms with Gasteiger partial charge in [-0.25, -0.2) is 0 Å². The molecule has 0 aromatic rings. The van der Waals surface area contributed by atoms with Gasteiger partial charge in [-0.05, 0) is 12.3 Å². The SMILES string of the molecule is CC1CCCC2C(=O)CC[C@@](O)([N+](=O)[O-])C12. The number of ketones is 1. The summed E-state index contributed by atoms with van der Waals surface area (Å²) in [6.07, 6.45) is 2.62. The van der Waals surface area contributed by atoms with Gasteiger partial charge in [0, 0.05) is 12.3 Å². The molecule has 0 saturated heterocycles. The summed E-state index contributed by atoms with van der Waals surface area (Å²) in [5.41, 5.74) is -1.88. The smallest absolute Gasteiger partial charge is 0.326 e. The Kier molecular flexibility index (Phi) is 2.74. The Labute approximate surface area is 94.0 Å². The molecule has 0 aromatic carbocycles. The molecular formula is C11H17NO4. The average molecular weight is 227 g/mol. The van der Waals surface area contributed by atoms with Crippen LogP contribution in [0.5, 0.6) is 0 Å². The maximum absolute atomic E-state index is 11.8. The largest absolute Gasteiger partial charge is 0.330 e. The van der Waals surface area contributed by atoms with Crippen molar-refractivity contribution < 1.29 is 14.8 Å². The standard InChI is InChI=1S/C11H17NO4/c1-7-3-2-4-8-9(13)5-6-11(14,10(7)8)12(15)16/h7-8,10,14H,2-6H2,1H3/t7?,8?,10?,11-/m0/s1. The first-order chi connectivity index (χ1) is 7.47. The number of Topliss-reactive ketones (excluding diaryl/α,β-unsaturated/α-hetero) is 1. The van der Waals surface area contributed by atoms with E-state index < -0.39 is 16.6 Å². The van der Waals surface area contributed by atoms with Crippen LogP contribution in [0.1, 0.15) is 39.0 Å². The zero-order chi connectivity index (χ0) is 11.9. The maximum Gasteiger partial charge on any atom is 0.326 e. The van der Waals surface area contributed by atoms with Crippen molar-refractivity contribution in [3.63, 3.8) is 0 Å². The van der Waals surface area contributed by atoms with E-state index in [0.717, 1.165) is 12.8 Å². The molecule has 0 aromatic heterocycles. The summed E-state index contributed by atoms with van der Waals surface area (Å²) < 4.78 is 0. The van der Waals surface area contributed by atoms with Crippen molar-refractivity contribution in [3.8, 4) is 0 Å². The van der Waals surface area contributed by atoms with Gasteiger partial charge in [-0.3, -0.25) is 14.9 Å². The molecule has 0 amide bonds. The quantitative estimate of drug-likeness (QED) is 0.416. The van der Waals surface area contributed by atoms with E-state index in [1.165, 1.54) is 0 Å². The number of rotatable bonds is 1. The lowest BCUT2D eigenvalue weighted by Gasteiger charge is -2.43. The maximum atomic E-state index is 11.8. The fourth-order valence-corrected chi connectivity index (χ4v) is 3.43. The van der Waals surface area contributed by atoms with Crippen LogP contribution in [0, 0.1) is 27.9 Å². The molecule has 90 valence electrons. The Balaban J connectivity index is 2.35. The van der Waals surface area contributed by atoms with Crippen molar-refractivity contribution in [2.75, 3.05) is 0 Å². The molecule has 0 heterocycles. The topological polar surface area (TPSA) is 80.4 Å². The second-order valence-corrected chi connectivity index (χ2v) is 5.14. The first-order valence-electron chi connectivity index (χ1n) is 5.86. The van der Waals surface area contributed by atoms with Crippen LogP contribution in [0.3, 0.4) is 0 Å². The van der Waals surface area contributed by atoms with Gasteiger partial charge in [-0.1, -0.05) is 19.8 Å². The highest BCUT2D eigenvalue weighted by Gasteiger charge is 2.59. The van der Waals surface area contributed by atoms with E-state index in [9.17, 15) is 20.0 Å². The highest BCUT2D eigenvalue weighted by Crippen LogP contribution is 2.47. The summed E-state index contributed by atoms with van der Waals surface area (Å²) in [6.45, 7) is 1.91. The minimum Gasteiger partial charge on any atom is -0.330 e. The molecule has 2 fully saturated rings. The van der Waals surface area contributed by atoms with E-state index in [2.05, 4.69) is 0 Å². The second-order valence-electron chi connectivity index (χ2n) is 5.14. The van der Waals surface area contributed by atoms with Crippen molar-refractivity contribution in [2.24, 2.45) is 17.8 Å². The molecule has 0 aliphatic heterocycles. The zero-order valence-electron chi connectivity index (χ0n) is 9.39. The lowest BCUT2D eigenvalue weighted by Crippen LogP contribution is -2.57. The molecule has 3 unspecified atom stereocenters. The fourth-order valence-electron chi connectivity index (χ4n) is 3.43. The van der Waals surface area contributed by atoms with Gasteiger partial charge in [0.2, 0.25) is 0 Å². The van der Waals surface area contributed by atoms with E-state index in [1.54, 1.807) is 0 Å². The molecule has 5 heteroatoms. The molecule has 2 aliphatic carbocycles. The van der Waals surface area contributed by atoms with Crippen molar-refractivity contribution in [3.05, 3.63) is 10.1 Å². The third-order valence-corrected chi connectivity index (χ3v) is 4.22. The van der Waals surface area contributed by atoms with Crippen LogP contribution in [0.2, 0.25) is 0 Å². The van der Waals surface area contributed by atoms with E-state index in [4.69, 9.17) is 0 Å². The van der Waals surface area contributed by atoms with Crippen LogP contribution in [-0.4, -0.2) is 21.5 Å². The fraction of sp³-hybridized carbons (Fsp3) is 0.909. The van der Waals surface area contributed by atoms with Crippen LogP contribution in [-0.2, 0) is 4.79 Å². The summed E-state index contributed by atoms with van der Waals surface area (Å²) in [4.78, 5) is 22.2. The lowest BCUT2D eigenvalue weighted by molar-refractivity contribution is -0.643. The first kappa shape index (κ1) is 11.5. The number of nitrogens with zero attached hydrogens (tertiary/aromatic N) is 1. The molecular weight excluding hydrogens is 210 g/mol. The van der Waals surface area contributed by atoms with Gasteiger partial charge in [0.25, 0.3) is 0 Å². The third-order valence-electron chi connectivity index (χ3n) is 4.22. The van der Waals surface area contributed by atoms with Crippen molar-refractivity contribution in [2.45, 2.75) is 44.8 Å². The van der Waals surface area contributed by atoms with E-state index >= 15 is 0 Å². The predicted molar refractivity (Wildman–Crippen MR) is 56.2 cm³/mol. The van der Waals surface area contributed by atoms with E-state index in [1.807, 2.05) is 6.92 Å². The highest BCUT2D eigenvalue weighted by atomic mass is 16.7. The van der Waals surface area contributed by atoms with Gasteiger partial charge in [-0.2, -0.15) is 0 Å². The molecule has 2 aliphatic rings. The molecule has 0 spiro atoms. The Morgan fingerprint density at radius 3 is 2.81 bits per heavy atom. The average Bonchev–Trinajstić information content (AvgIpc) is 2.23. The Hall–Kier alpha value is -0.970. The molecule has 0 bridgehead atoms. The van der Waals surface area contributed by atoms with E-state index in [0.29, 0.717) is 6.42 Å². The first-order valence-corrected chi connectivity index (χ1v) is 5.86. The summed E-state index contributed by atoms with van der Waals surface area (Å²) in [5.74, 6) is -0.633. The zero-order valence-corrected chi connectivity index (χ0v) is 9.39. The number of carbonyl (C=O) groups excluding carboxylic acids is 1. The molecule has 5 nitrogen and oxygen atoms in total. The van der Waals surface area contributed by atoms with Gasteiger partial charge in [-0.15, -0.1) is 0 Å². The van der Waals surface area contributed by atoms with Gasteiger partial charge in [0.1, 0.15) is 5.78 Å². The number of nitro groups is 1. The Bertz CT molecular complexity index is 328. The summed E-state index contributed by atoms with van der Waals surface area (Å²) in [6, 6.07) is 0. The van der Waals surface area contributed by atoms with Crippen LogP contribution < -0.4 is 0 Å². The monoisotopic (exact) mass is 227 g/mol. The van der Waals surface area contributed by atoms with Crippen molar-refractivity contribution in [1.82, 2.24) is 0 Å². The summed E-state index contributed by atoms with van der Waals surface area (Å²) in [7, 11) is 0. The number of carbonyl (C=O) groups is 1. The third kappa shape index (κ3) is 1.54. The van der Waals surface area contributed by atoms with Crippen LogP contribution in [0.25, 0.3) is 0 Å². The predicted octanol–water partition coefficient (Wildman–Crippen LogP) is 1.37. The van der Waals surface area contributed by atoms with Crippen molar-refractivity contribution >= 4 is 5.78 Å². The number of hydrogen-bond acceptors (Lipinski definition) is 4. The van der Waals surface area contributed by atoms with E-state index in [-0.39, 0.29) is 30.5 Å². The molecule has 2 rings (SSSR count). The second kappa shape index (κ2) is 3.80. The number of fused-ring (bicyclic) bond motifs is 1. The Morgan fingerprint density at radius 2 is 2.19 bits per heavy atom. The molecule has 4 atom stereocenters. The lowest BCUT2D eigenvalue weighted by atomic mass is 9.62.